The van der Waals surface area contributed by atoms with Gasteiger partial charge in [-0.1, -0.05) is 30.7 Å². The minimum atomic E-state index is -0.00117. The summed E-state index contributed by atoms with van der Waals surface area (Å²) in [6.45, 7) is 4.73. The molecule has 4 heteroatoms. The standard InChI is InChI=1S/C19H24N2O2/c1-3-12-23-18-10-6-15(13-17(18)20)7-11-19(22)21-16-8-4-14(2)5-9-16/h4-6,8-10,13H,3,7,11-12,20H2,1-2H3,(H,21,22). The Morgan fingerprint density at radius 3 is 2.57 bits per heavy atom. The predicted octanol–water partition coefficient (Wildman–Crippen LogP) is 3.94. The van der Waals surface area contributed by atoms with Gasteiger partial charge in [-0.15, -0.1) is 0 Å². The first-order valence-electron chi connectivity index (χ1n) is 7.96. The van der Waals surface area contributed by atoms with Crippen LogP contribution in [0.1, 0.15) is 30.9 Å². The Bertz CT molecular complexity index is 651. The van der Waals surface area contributed by atoms with Crippen molar-refractivity contribution in [3.63, 3.8) is 0 Å². The van der Waals surface area contributed by atoms with Gasteiger partial charge in [-0.05, 0) is 49.6 Å². The van der Waals surface area contributed by atoms with E-state index in [1.807, 2.05) is 49.4 Å². The van der Waals surface area contributed by atoms with Gasteiger partial charge in [-0.25, -0.2) is 0 Å². The minimum Gasteiger partial charge on any atom is -0.491 e. The fourth-order valence-corrected chi connectivity index (χ4v) is 2.22. The molecule has 2 aromatic rings. The van der Waals surface area contributed by atoms with E-state index in [4.69, 9.17) is 10.5 Å². The number of ether oxygens (including phenoxy) is 1. The zero-order valence-corrected chi connectivity index (χ0v) is 13.8. The summed E-state index contributed by atoms with van der Waals surface area (Å²) in [7, 11) is 0. The molecule has 0 aliphatic rings. The number of benzene rings is 2. The van der Waals surface area contributed by atoms with E-state index in [9.17, 15) is 4.79 Å². The van der Waals surface area contributed by atoms with E-state index in [0.29, 0.717) is 30.9 Å². The number of hydrogen-bond acceptors (Lipinski definition) is 3. The third-order valence-electron chi connectivity index (χ3n) is 3.51. The molecule has 1 amide bonds. The van der Waals surface area contributed by atoms with Gasteiger partial charge in [0.25, 0.3) is 0 Å². The van der Waals surface area contributed by atoms with E-state index in [2.05, 4.69) is 12.2 Å². The van der Waals surface area contributed by atoms with Crippen LogP contribution in [-0.2, 0) is 11.2 Å². The zero-order chi connectivity index (χ0) is 16.7. The van der Waals surface area contributed by atoms with Crippen molar-refractivity contribution in [1.82, 2.24) is 0 Å². The molecule has 0 fully saturated rings. The maximum atomic E-state index is 12.0. The molecule has 2 rings (SSSR count). The summed E-state index contributed by atoms with van der Waals surface area (Å²) >= 11 is 0. The Morgan fingerprint density at radius 1 is 1.17 bits per heavy atom. The Balaban J connectivity index is 1.86. The van der Waals surface area contributed by atoms with Crippen LogP contribution >= 0.6 is 0 Å². The van der Waals surface area contributed by atoms with Crippen molar-refractivity contribution in [2.45, 2.75) is 33.1 Å². The lowest BCUT2D eigenvalue weighted by Gasteiger charge is -2.10. The number of nitrogen functional groups attached to an aromatic ring is 1. The smallest absolute Gasteiger partial charge is 0.224 e. The van der Waals surface area contributed by atoms with E-state index in [1.165, 1.54) is 5.56 Å². The molecule has 0 saturated carbocycles. The molecular formula is C19H24N2O2. The van der Waals surface area contributed by atoms with Crippen LogP contribution in [0.25, 0.3) is 0 Å². The number of rotatable bonds is 7. The number of hydrogen-bond donors (Lipinski definition) is 2. The van der Waals surface area contributed by atoms with Crippen LogP contribution in [0.3, 0.4) is 0 Å². The monoisotopic (exact) mass is 312 g/mol. The lowest BCUT2D eigenvalue weighted by Crippen LogP contribution is -2.12. The molecule has 0 aliphatic carbocycles. The average molecular weight is 312 g/mol. The number of nitrogens with two attached hydrogens (primary N) is 1. The highest BCUT2D eigenvalue weighted by Gasteiger charge is 2.06. The molecule has 0 radical (unpaired) electrons. The van der Waals surface area contributed by atoms with Gasteiger partial charge in [-0.2, -0.15) is 0 Å². The summed E-state index contributed by atoms with van der Waals surface area (Å²) in [4.78, 5) is 12.0. The highest BCUT2D eigenvalue weighted by Crippen LogP contribution is 2.23. The molecule has 2 aromatic carbocycles. The SMILES string of the molecule is CCCOc1ccc(CCC(=O)Nc2ccc(C)cc2)cc1N. The second-order valence-electron chi connectivity index (χ2n) is 5.63. The summed E-state index contributed by atoms with van der Waals surface area (Å²) in [6.07, 6.45) is 2.01. The fraction of sp³-hybridized carbons (Fsp3) is 0.316. The summed E-state index contributed by atoms with van der Waals surface area (Å²) in [5.74, 6) is 0.707. The van der Waals surface area contributed by atoms with Gasteiger partial charge < -0.3 is 15.8 Å². The fourth-order valence-electron chi connectivity index (χ4n) is 2.22. The number of amides is 1. The Kier molecular flexibility index (Phi) is 6.03. The molecular weight excluding hydrogens is 288 g/mol. The second-order valence-corrected chi connectivity index (χ2v) is 5.63. The van der Waals surface area contributed by atoms with Gasteiger partial charge in [0, 0.05) is 12.1 Å². The van der Waals surface area contributed by atoms with E-state index in [0.717, 1.165) is 17.7 Å². The number of aryl methyl sites for hydroxylation is 2. The van der Waals surface area contributed by atoms with Crippen molar-refractivity contribution in [2.75, 3.05) is 17.7 Å². The third-order valence-corrected chi connectivity index (χ3v) is 3.51. The molecule has 0 saturated heterocycles. The second kappa shape index (κ2) is 8.22. The van der Waals surface area contributed by atoms with Gasteiger partial charge in [0.1, 0.15) is 5.75 Å². The molecule has 23 heavy (non-hydrogen) atoms. The molecule has 0 aromatic heterocycles. The maximum Gasteiger partial charge on any atom is 0.224 e. The van der Waals surface area contributed by atoms with Gasteiger partial charge in [0.05, 0.1) is 12.3 Å². The van der Waals surface area contributed by atoms with Crippen LogP contribution in [0.4, 0.5) is 11.4 Å². The zero-order valence-electron chi connectivity index (χ0n) is 13.8. The molecule has 4 nitrogen and oxygen atoms in total. The predicted molar refractivity (Wildman–Crippen MR) is 94.8 cm³/mol. The lowest BCUT2D eigenvalue weighted by molar-refractivity contribution is -0.116. The summed E-state index contributed by atoms with van der Waals surface area (Å²) in [5, 5.41) is 2.90. The van der Waals surface area contributed by atoms with Crippen molar-refractivity contribution < 1.29 is 9.53 Å². The topological polar surface area (TPSA) is 64.3 Å². The van der Waals surface area contributed by atoms with Gasteiger partial charge in [-0.3, -0.25) is 4.79 Å². The van der Waals surface area contributed by atoms with Crippen LogP contribution < -0.4 is 15.8 Å². The number of carbonyl (C=O) groups excluding carboxylic acids is 1. The molecule has 122 valence electrons. The van der Waals surface area contributed by atoms with Crippen LogP contribution in [0.5, 0.6) is 5.75 Å². The summed E-state index contributed by atoms with van der Waals surface area (Å²) in [5.41, 5.74) is 9.63. The van der Waals surface area contributed by atoms with Crippen LogP contribution in [-0.4, -0.2) is 12.5 Å². The quantitative estimate of drug-likeness (QED) is 0.761. The molecule has 0 bridgehead atoms. The van der Waals surface area contributed by atoms with Crippen LogP contribution in [0.2, 0.25) is 0 Å². The minimum absolute atomic E-state index is 0.00117. The average Bonchev–Trinajstić information content (AvgIpc) is 2.54. The third kappa shape index (κ3) is 5.33. The van der Waals surface area contributed by atoms with Crippen LogP contribution in [0, 0.1) is 6.92 Å². The van der Waals surface area contributed by atoms with Crippen molar-refractivity contribution >= 4 is 17.3 Å². The van der Waals surface area contributed by atoms with Gasteiger partial charge in [0.2, 0.25) is 5.91 Å². The highest BCUT2D eigenvalue weighted by molar-refractivity contribution is 5.90. The number of carbonyl (C=O) groups is 1. The van der Waals surface area contributed by atoms with E-state index >= 15 is 0 Å². The first-order valence-corrected chi connectivity index (χ1v) is 7.96. The van der Waals surface area contributed by atoms with Gasteiger partial charge >= 0.3 is 0 Å². The molecule has 0 heterocycles. The number of nitrogens with one attached hydrogen (secondary N) is 1. The van der Waals surface area contributed by atoms with E-state index < -0.39 is 0 Å². The highest BCUT2D eigenvalue weighted by atomic mass is 16.5. The molecule has 0 atom stereocenters. The Morgan fingerprint density at radius 2 is 1.91 bits per heavy atom. The normalized spacial score (nSPS) is 10.3. The summed E-state index contributed by atoms with van der Waals surface area (Å²) < 4.78 is 5.55. The number of anilines is 2. The molecule has 0 aliphatic heterocycles. The van der Waals surface area contributed by atoms with E-state index in [-0.39, 0.29) is 5.91 Å². The van der Waals surface area contributed by atoms with Crippen molar-refractivity contribution in [3.05, 3.63) is 53.6 Å². The van der Waals surface area contributed by atoms with Crippen LogP contribution in [0.15, 0.2) is 42.5 Å². The molecule has 0 spiro atoms. The molecule has 3 N–H and O–H groups in total. The van der Waals surface area contributed by atoms with Crippen molar-refractivity contribution in [3.8, 4) is 5.75 Å². The largest absolute Gasteiger partial charge is 0.491 e. The molecule has 0 unspecified atom stereocenters. The van der Waals surface area contributed by atoms with Gasteiger partial charge in [0.15, 0.2) is 0 Å². The van der Waals surface area contributed by atoms with E-state index in [1.54, 1.807) is 0 Å². The first kappa shape index (κ1) is 16.9. The van der Waals surface area contributed by atoms with Crippen molar-refractivity contribution in [1.29, 1.82) is 0 Å². The first-order chi connectivity index (χ1) is 11.1. The lowest BCUT2D eigenvalue weighted by atomic mass is 10.1. The maximum absolute atomic E-state index is 12.0. The Labute approximate surface area is 137 Å². The summed E-state index contributed by atoms with van der Waals surface area (Å²) in [6, 6.07) is 13.5. The Hall–Kier alpha value is -2.49. The van der Waals surface area contributed by atoms with Crippen molar-refractivity contribution in [2.24, 2.45) is 0 Å².